The highest BCUT2D eigenvalue weighted by molar-refractivity contribution is 5.80. The first kappa shape index (κ1) is 18.9. The smallest absolute Gasteiger partial charge is 0.248 e. The summed E-state index contributed by atoms with van der Waals surface area (Å²) in [6.07, 6.45) is 6.28. The van der Waals surface area contributed by atoms with Crippen LogP contribution in [0.3, 0.4) is 0 Å². The monoisotopic (exact) mass is 358 g/mol. The summed E-state index contributed by atoms with van der Waals surface area (Å²) >= 11 is 0. The van der Waals surface area contributed by atoms with E-state index >= 15 is 0 Å². The lowest BCUT2D eigenvalue weighted by molar-refractivity contribution is -0.143. The zero-order chi connectivity index (χ0) is 18.2. The summed E-state index contributed by atoms with van der Waals surface area (Å²) in [7, 11) is 0. The third kappa shape index (κ3) is 5.31. The third-order valence-electron chi connectivity index (χ3n) is 5.45. The van der Waals surface area contributed by atoms with Crippen molar-refractivity contribution in [2.24, 2.45) is 5.92 Å². The number of rotatable bonds is 5. The second-order valence-corrected chi connectivity index (χ2v) is 7.37. The quantitative estimate of drug-likeness (QED) is 0.813. The summed E-state index contributed by atoms with van der Waals surface area (Å²) in [5.74, 6) is 0.420. The molecule has 0 atom stereocenters. The maximum atomic E-state index is 12.7. The minimum Gasteiger partial charge on any atom is -0.367 e. The Kier molecular flexibility index (Phi) is 7.06. The van der Waals surface area contributed by atoms with E-state index in [4.69, 9.17) is 4.74 Å². The number of carbonyl (C=O) groups is 2. The van der Waals surface area contributed by atoms with E-state index < -0.39 is 0 Å². The van der Waals surface area contributed by atoms with Crippen molar-refractivity contribution in [2.45, 2.75) is 45.1 Å². The molecule has 5 heteroatoms. The summed E-state index contributed by atoms with van der Waals surface area (Å²) in [5, 5.41) is 0. The van der Waals surface area contributed by atoms with Crippen molar-refractivity contribution in [3.63, 3.8) is 0 Å². The Morgan fingerprint density at radius 1 is 0.885 bits per heavy atom. The van der Waals surface area contributed by atoms with E-state index in [0.29, 0.717) is 25.6 Å². The van der Waals surface area contributed by atoms with Crippen LogP contribution in [0.1, 0.15) is 44.1 Å². The Hall–Kier alpha value is -1.88. The number of hydrogen-bond donors (Lipinski definition) is 0. The van der Waals surface area contributed by atoms with Gasteiger partial charge in [-0.05, 0) is 31.2 Å². The topological polar surface area (TPSA) is 49.9 Å². The lowest BCUT2D eigenvalue weighted by atomic mass is 9.95. The van der Waals surface area contributed by atoms with Gasteiger partial charge in [0.1, 0.15) is 6.61 Å². The molecule has 0 aromatic heterocycles. The van der Waals surface area contributed by atoms with Gasteiger partial charge < -0.3 is 14.5 Å². The molecule has 2 aliphatic heterocycles. The Labute approximate surface area is 156 Å². The van der Waals surface area contributed by atoms with Crippen LogP contribution in [0.15, 0.2) is 30.3 Å². The minimum absolute atomic E-state index is 0.0293. The number of amides is 2. The number of piperidine rings is 1. The van der Waals surface area contributed by atoms with Crippen molar-refractivity contribution in [2.75, 3.05) is 32.8 Å². The molecule has 2 aliphatic rings. The van der Waals surface area contributed by atoms with Gasteiger partial charge in [-0.25, -0.2) is 0 Å². The molecule has 1 aromatic carbocycles. The average Bonchev–Trinajstić information content (AvgIpc) is 2.98. The molecule has 0 saturated carbocycles. The first-order valence-corrected chi connectivity index (χ1v) is 9.92. The van der Waals surface area contributed by atoms with Gasteiger partial charge in [0.05, 0.1) is 6.61 Å². The van der Waals surface area contributed by atoms with Crippen LogP contribution in [0.5, 0.6) is 0 Å². The SMILES string of the molecule is O=C(COCc1ccccc1)N1CCC(C(=O)N2CCCCCC2)CC1. The van der Waals surface area contributed by atoms with Crippen LogP contribution in [0.4, 0.5) is 0 Å². The van der Waals surface area contributed by atoms with Gasteiger partial charge in [0.15, 0.2) is 0 Å². The fourth-order valence-corrected chi connectivity index (χ4v) is 3.85. The number of hydrogen-bond acceptors (Lipinski definition) is 3. The van der Waals surface area contributed by atoms with Crippen molar-refractivity contribution >= 4 is 11.8 Å². The Balaban J connectivity index is 1.38. The lowest BCUT2D eigenvalue weighted by Gasteiger charge is -2.34. The largest absolute Gasteiger partial charge is 0.367 e. The van der Waals surface area contributed by atoms with Gasteiger partial charge in [-0.2, -0.15) is 0 Å². The van der Waals surface area contributed by atoms with Gasteiger partial charge >= 0.3 is 0 Å². The van der Waals surface area contributed by atoms with Crippen LogP contribution in [0.2, 0.25) is 0 Å². The molecule has 2 heterocycles. The minimum atomic E-state index is 0.0293. The van der Waals surface area contributed by atoms with Gasteiger partial charge in [0.25, 0.3) is 0 Å². The molecule has 2 fully saturated rings. The lowest BCUT2D eigenvalue weighted by Crippen LogP contribution is -2.45. The highest BCUT2D eigenvalue weighted by Gasteiger charge is 2.30. The second-order valence-electron chi connectivity index (χ2n) is 7.37. The van der Waals surface area contributed by atoms with E-state index in [1.165, 1.54) is 12.8 Å². The third-order valence-corrected chi connectivity index (χ3v) is 5.45. The molecule has 0 radical (unpaired) electrons. The van der Waals surface area contributed by atoms with Crippen molar-refractivity contribution in [1.82, 2.24) is 9.80 Å². The fraction of sp³-hybridized carbons (Fsp3) is 0.619. The van der Waals surface area contributed by atoms with E-state index in [0.717, 1.165) is 44.3 Å². The van der Waals surface area contributed by atoms with Gasteiger partial charge in [-0.15, -0.1) is 0 Å². The number of nitrogens with zero attached hydrogens (tertiary/aromatic N) is 2. The summed E-state index contributed by atoms with van der Waals surface area (Å²) in [4.78, 5) is 28.9. The number of likely N-dealkylation sites (tertiary alicyclic amines) is 2. The van der Waals surface area contributed by atoms with E-state index in [1.807, 2.05) is 35.2 Å². The molecule has 0 unspecified atom stereocenters. The fourth-order valence-electron chi connectivity index (χ4n) is 3.85. The van der Waals surface area contributed by atoms with Gasteiger partial charge in [0, 0.05) is 32.1 Å². The molecule has 2 amide bonds. The first-order chi connectivity index (χ1) is 12.7. The molecule has 1 aromatic rings. The first-order valence-electron chi connectivity index (χ1n) is 9.92. The second kappa shape index (κ2) is 9.72. The molecule has 142 valence electrons. The maximum absolute atomic E-state index is 12.7. The molecule has 0 N–H and O–H groups in total. The Bertz CT molecular complexity index is 574. The predicted octanol–water partition coefficient (Wildman–Crippen LogP) is 2.84. The van der Waals surface area contributed by atoms with Crippen molar-refractivity contribution in [3.05, 3.63) is 35.9 Å². The number of carbonyl (C=O) groups excluding carboxylic acids is 2. The zero-order valence-corrected chi connectivity index (χ0v) is 15.6. The Morgan fingerprint density at radius 2 is 1.54 bits per heavy atom. The van der Waals surface area contributed by atoms with Crippen LogP contribution >= 0.6 is 0 Å². The molecule has 2 saturated heterocycles. The Morgan fingerprint density at radius 3 is 2.19 bits per heavy atom. The molecule has 5 nitrogen and oxygen atoms in total. The van der Waals surface area contributed by atoms with Crippen molar-refractivity contribution in [3.8, 4) is 0 Å². The molecular weight excluding hydrogens is 328 g/mol. The summed E-state index contributed by atoms with van der Waals surface area (Å²) < 4.78 is 5.55. The highest BCUT2D eigenvalue weighted by atomic mass is 16.5. The van der Waals surface area contributed by atoms with E-state index in [-0.39, 0.29) is 18.4 Å². The standard InChI is InChI=1S/C21H30N2O3/c24-20(17-26-16-18-8-4-3-5-9-18)22-14-10-19(11-15-22)21(25)23-12-6-1-2-7-13-23/h3-5,8-9,19H,1-2,6-7,10-17H2. The van der Waals surface area contributed by atoms with E-state index in [9.17, 15) is 9.59 Å². The molecule has 0 spiro atoms. The highest BCUT2D eigenvalue weighted by Crippen LogP contribution is 2.22. The molecule has 26 heavy (non-hydrogen) atoms. The van der Waals surface area contributed by atoms with Crippen LogP contribution in [0.25, 0.3) is 0 Å². The van der Waals surface area contributed by atoms with Crippen LogP contribution in [-0.4, -0.2) is 54.4 Å². The summed E-state index contributed by atoms with van der Waals surface area (Å²) in [6, 6.07) is 9.87. The van der Waals surface area contributed by atoms with Crippen LogP contribution in [-0.2, 0) is 20.9 Å². The molecule has 0 aliphatic carbocycles. The normalized spacial score (nSPS) is 19.2. The number of benzene rings is 1. The maximum Gasteiger partial charge on any atom is 0.248 e. The van der Waals surface area contributed by atoms with Crippen LogP contribution in [0, 0.1) is 5.92 Å². The van der Waals surface area contributed by atoms with Crippen molar-refractivity contribution < 1.29 is 14.3 Å². The van der Waals surface area contributed by atoms with Crippen LogP contribution < -0.4 is 0 Å². The summed E-state index contributed by atoms with van der Waals surface area (Å²) in [5.41, 5.74) is 1.07. The molecule has 0 bridgehead atoms. The zero-order valence-electron chi connectivity index (χ0n) is 15.6. The number of ether oxygens (including phenoxy) is 1. The van der Waals surface area contributed by atoms with Gasteiger partial charge in [0.2, 0.25) is 11.8 Å². The molecule has 3 rings (SSSR count). The van der Waals surface area contributed by atoms with E-state index in [2.05, 4.69) is 4.90 Å². The van der Waals surface area contributed by atoms with Crippen molar-refractivity contribution in [1.29, 1.82) is 0 Å². The van der Waals surface area contributed by atoms with Gasteiger partial charge in [-0.1, -0.05) is 43.2 Å². The molecular formula is C21H30N2O3. The van der Waals surface area contributed by atoms with Gasteiger partial charge in [-0.3, -0.25) is 9.59 Å². The summed E-state index contributed by atoms with van der Waals surface area (Å²) in [6.45, 7) is 3.71. The predicted molar refractivity (Wildman–Crippen MR) is 100 cm³/mol. The average molecular weight is 358 g/mol. The van der Waals surface area contributed by atoms with E-state index in [1.54, 1.807) is 0 Å².